The van der Waals surface area contributed by atoms with Crippen LogP contribution in [0.4, 0.5) is 5.69 Å². The summed E-state index contributed by atoms with van der Waals surface area (Å²) in [4.78, 5) is 12.3. The molecule has 0 bridgehead atoms. The molecule has 0 aliphatic rings. The third kappa shape index (κ3) is 2.63. The molecule has 0 heterocycles. The number of thioether (sulfide) groups is 1. The van der Waals surface area contributed by atoms with E-state index in [1.54, 1.807) is 6.07 Å². The first kappa shape index (κ1) is 9.86. The molecule has 13 heavy (non-hydrogen) atoms. The zero-order valence-corrected chi connectivity index (χ0v) is 8.23. The first-order valence-corrected chi connectivity index (χ1v) is 4.65. The molecular formula is C10H11NOS. The number of allylic oxidation sites excluding steroid dienone is 1. The molecule has 0 atom stereocenters. The maximum atomic E-state index is 10.9. The maximum Gasteiger partial charge on any atom is 0.165 e. The van der Waals surface area contributed by atoms with Gasteiger partial charge in [0.2, 0.25) is 0 Å². The highest BCUT2D eigenvalue weighted by Crippen LogP contribution is 2.30. The van der Waals surface area contributed by atoms with Gasteiger partial charge in [-0.1, -0.05) is 30.5 Å². The summed E-state index contributed by atoms with van der Waals surface area (Å²) in [5.74, 6) is -0.0201. The Balaban J connectivity index is 2.81. The summed E-state index contributed by atoms with van der Waals surface area (Å²) in [6.07, 6.45) is 0. The lowest BCUT2D eigenvalue weighted by molar-refractivity contribution is -0.112. The molecule has 2 N–H and O–H groups in total. The monoisotopic (exact) mass is 193 g/mol. The van der Waals surface area contributed by atoms with Gasteiger partial charge in [0.1, 0.15) is 0 Å². The summed E-state index contributed by atoms with van der Waals surface area (Å²) in [6, 6.07) is 7.41. The number of hydrogen-bond acceptors (Lipinski definition) is 3. The van der Waals surface area contributed by atoms with Gasteiger partial charge in [0.15, 0.2) is 5.78 Å². The quantitative estimate of drug-likeness (QED) is 0.455. The normalized spacial score (nSPS) is 9.62. The highest BCUT2D eigenvalue weighted by atomic mass is 32.2. The van der Waals surface area contributed by atoms with E-state index in [1.165, 1.54) is 18.7 Å². The summed E-state index contributed by atoms with van der Waals surface area (Å²) >= 11 is 1.31. The molecule has 0 aromatic heterocycles. The Labute approximate surface area is 81.8 Å². The number of Topliss-reactive ketones (excluding diaryl/α,β-unsaturated/α-hetero) is 1. The van der Waals surface area contributed by atoms with Crippen LogP contribution in [0.1, 0.15) is 6.92 Å². The lowest BCUT2D eigenvalue weighted by Gasteiger charge is -2.04. The van der Waals surface area contributed by atoms with Crippen LogP contribution >= 0.6 is 11.8 Å². The van der Waals surface area contributed by atoms with Crippen molar-refractivity contribution in [2.75, 3.05) is 5.73 Å². The third-order valence-electron chi connectivity index (χ3n) is 1.54. The van der Waals surface area contributed by atoms with Crippen LogP contribution in [0, 0.1) is 0 Å². The first-order chi connectivity index (χ1) is 6.11. The number of rotatable bonds is 3. The summed E-state index contributed by atoms with van der Waals surface area (Å²) in [5, 5.41) is 0. The fourth-order valence-corrected chi connectivity index (χ4v) is 1.52. The molecule has 1 aromatic rings. The van der Waals surface area contributed by atoms with E-state index in [-0.39, 0.29) is 5.78 Å². The van der Waals surface area contributed by atoms with Gasteiger partial charge in [-0.2, -0.15) is 0 Å². The van der Waals surface area contributed by atoms with E-state index in [2.05, 4.69) is 6.58 Å². The second-order valence-corrected chi connectivity index (χ2v) is 3.76. The first-order valence-electron chi connectivity index (χ1n) is 3.83. The zero-order valence-electron chi connectivity index (χ0n) is 7.41. The molecule has 68 valence electrons. The average Bonchev–Trinajstić information content (AvgIpc) is 2.08. The molecule has 0 aliphatic heterocycles. The lowest BCUT2D eigenvalue weighted by atomic mass is 10.3. The number of carbonyl (C=O) groups excluding carboxylic acids is 1. The molecule has 0 spiro atoms. The van der Waals surface area contributed by atoms with Crippen molar-refractivity contribution in [1.29, 1.82) is 0 Å². The van der Waals surface area contributed by atoms with Crippen molar-refractivity contribution in [3.63, 3.8) is 0 Å². The van der Waals surface area contributed by atoms with Crippen LogP contribution in [-0.2, 0) is 4.79 Å². The number of hydrogen-bond donors (Lipinski definition) is 1. The highest BCUT2D eigenvalue weighted by molar-refractivity contribution is 8.04. The summed E-state index contributed by atoms with van der Waals surface area (Å²) in [7, 11) is 0. The second-order valence-electron chi connectivity index (χ2n) is 2.62. The molecule has 3 heteroatoms. The topological polar surface area (TPSA) is 43.1 Å². The maximum absolute atomic E-state index is 10.9. The largest absolute Gasteiger partial charge is 0.398 e. The number of benzene rings is 1. The Bertz CT molecular complexity index is 347. The molecule has 0 fully saturated rings. The van der Waals surface area contributed by atoms with Gasteiger partial charge >= 0.3 is 0 Å². The number of carbonyl (C=O) groups is 1. The van der Waals surface area contributed by atoms with Crippen molar-refractivity contribution >= 4 is 23.2 Å². The number of ketones is 1. The van der Waals surface area contributed by atoms with Crippen LogP contribution in [0.5, 0.6) is 0 Å². The molecule has 0 saturated heterocycles. The van der Waals surface area contributed by atoms with E-state index >= 15 is 0 Å². The van der Waals surface area contributed by atoms with E-state index < -0.39 is 0 Å². The molecule has 2 nitrogen and oxygen atoms in total. The van der Waals surface area contributed by atoms with Crippen molar-refractivity contribution < 1.29 is 4.79 Å². The molecule has 0 unspecified atom stereocenters. The van der Waals surface area contributed by atoms with Gasteiger partial charge in [-0.15, -0.1) is 0 Å². The fourth-order valence-electron chi connectivity index (χ4n) is 0.778. The minimum Gasteiger partial charge on any atom is -0.398 e. The van der Waals surface area contributed by atoms with Gasteiger partial charge in [0.25, 0.3) is 0 Å². The Hall–Kier alpha value is -1.22. The molecule has 0 saturated carbocycles. The van der Waals surface area contributed by atoms with E-state index in [0.29, 0.717) is 10.6 Å². The van der Waals surface area contributed by atoms with Crippen molar-refractivity contribution in [1.82, 2.24) is 0 Å². The molecular weight excluding hydrogens is 182 g/mol. The third-order valence-corrected chi connectivity index (χ3v) is 2.67. The smallest absolute Gasteiger partial charge is 0.165 e. The average molecular weight is 193 g/mol. The SMILES string of the molecule is C=C(Sc1ccccc1N)C(C)=O. The van der Waals surface area contributed by atoms with Gasteiger partial charge in [0, 0.05) is 15.5 Å². The molecule has 0 radical (unpaired) electrons. The number of para-hydroxylation sites is 1. The summed E-state index contributed by atoms with van der Waals surface area (Å²) in [5.41, 5.74) is 6.37. The van der Waals surface area contributed by atoms with Crippen LogP contribution in [0.2, 0.25) is 0 Å². The Morgan fingerprint density at radius 2 is 2.08 bits per heavy atom. The minimum atomic E-state index is -0.0201. The van der Waals surface area contributed by atoms with Gasteiger partial charge in [-0.05, 0) is 19.1 Å². The van der Waals surface area contributed by atoms with Gasteiger partial charge in [-0.25, -0.2) is 0 Å². The fraction of sp³-hybridized carbons (Fsp3) is 0.100. The summed E-state index contributed by atoms with van der Waals surface area (Å²) < 4.78 is 0. The van der Waals surface area contributed by atoms with Crippen LogP contribution < -0.4 is 5.73 Å². The Morgan fingerprint density at radius 1 is 1.46 bits per heavy atom. The number of anilines is 1. The van der Waals surface area contributed by atoms with E-state index in [0.717, 1.165) is 4.90 Å². The number of nitrogens with two attached hydrogens (primary N) is 1. The molecule has 1 rings (SSSR count). The molecule has 1 aromatic carbocycles. The summed E-state index contributed by atoms with van der Waals surface area (Å²) in [6.45, 7) is 5.14. The van der Waals surface area contributed by atoms with Crippen LogP contribution in [0.15, 0.2) is 40.6 Å². The number of nitrogen functional groups attached to an aromatic ring is 1. The molecule has 0 amide bonds. The standard InChI is InChI=1S/C10H11NOS/c1-7(12)8(2)13-10-6-4-3-5-9(10)11/h3-6H,2,11H2,1H3. The predicted octanol–water partition coefficient (Wildman–Crippen LogP) is 2.46. The lowest BCUT2D eigenvalue weighted by Crippen LogP contribution is -1.92. The zero-order chi connectivity index (χ0) is 9.84. The van der Waals surface area contributed by atoms with E-state index in [1.807, 2.05) is 18.2 Å². The van der Waals surface area contributed by atoms with Crippen LogP contribution in [0.25, 0.3) is 0 Å². The van der Waals surface area contributed by atoms with Crippen molar-refractivity contribution in [2.45, 2.75) is 11.8 Å². The van der Waals surface area contributed by atoms with Crippen LogP contribution in [0.3, 0.4) is 0 Å². The minimum absolute atomic E-state index is 0.0201. The Morgan fingerprint density at radius 3 is 2.62 bits per heavy atom. The second kappa shape index (κ2) is 4.14. The van der Waals surface area contributed by atoms with Gasteiger partial charge in [0.05, 0.1) is 0 Å². The molecule has 0 aliphatic carbocycles. The van der Waals surface area contributed by atoms with Gasteiger partial charge < -0.3 is 5.73 Å². The van der Waals surface area contributed by atoms with E-state index in [4.69, 9.17) is 5.73 Å². The van der Waals surface area contributed by atoms with Crippen molar-refractivity contribution in [3.05, 3.63) is 35.7 Å². The Kier molecular flexibility index (Phi) is 3.14. The van der Waals surface area contributed by atoms with Crippen molar-refractivity contribution in [3.8, 4) is 0 Å². The predicted molar refractivity (Wildman–Crippen MR) is 56.5 cm³/mol. The van der Waals surface area contributed by atoms with E-state index in [9.17, 15) is 4.79 Å². The van der Waals surface area contributed by atoms with Crippen LogP contribution in [-0.4, -0.2) is 5.78 Å². The highest BCUT2D eigenvalue weighted by Gasteiger charge is 2.04. The van der Waals surface area contributed by atoms with Crippen molar-refractivity contribution in [2.24, 2.45) is 0 Å². The van der Waals surface area contributed by atoms with Gasteiger partial charge in [-0.3, -0.25) is 4.79 Å².